The number of nitrogens with one attached hydrogen (secondary N) is 2. The molecule has 22 heavy (non-hydrogen) atoms. The average molecular weight is 305 g/mol. The van der Waals surface area contributed by atoms with Gasteiger partial charge in [-0.05, 0) is 12.5 Å². The van der Waals surface area contributed by atoms with E-state index in [2.05, 4.69) is 10.6 Å². The van der Waals surface area contributed by atoms with Gasteiger partial charge in [-0.25, -0.2) is 4.79 Å². The Bertz CT molecular complexity index is 575. The van der Waals surface area contributed by atoms with E-state index in [0.29, 0.717) is 6.54 Å². The third-order valence-electron chi connectivity index (χ3n) is 3.41. The number of amides is 4. The van der Waals surface area contributed by atoms with E-state index in [4.69, 9.17) is 4.74 Å². The van der Waals surface area contributed by atoms with Crippen molar-refractivity contribution in [2.75, 3.05) is 20.3 Å². The van der Waals surface area contributed by atoms with Crippen molar-refractivity contribution in [3.8, 4) is 0 Å². The molecule has 1 aliphatic heterocycles. The highest BCUT2D eigenvalue weighted by Crippen LogP contribution is 2.17. The number of imide groups is 1. The van der Waals surface area contributed by atoms with E-state index in [1.54, 1.807) is 6.92 Å². The third kappa shape index (κ3) is 3.43. The molecule has 1 heterocycles. The van der Waals surface area contributed by atoms with E-state index < -0.39 is 23.4 Å². The minimum atomic E-state index is -1.12. The molecule has 1 saturated heterocycles. The average Bonchev–Trinajstić information content (AvgIpc) is 2.70. The van der Waals surface area contributed by atoms with Gasteiger partial charge in [0.05, 0.1) is 6.61 Å². The molecule has 1 fully saturated rings. The Labute approximate surface area is 128 Å². The molecular formula is C15H19N3O4. The van der Waals surface area contributed by atoms with Crippen molar-refractivity contribution >= 4 is 17.8 Å². The number of carbonyl (C=O) groups is 3. The summed E-state index contributed by atoms with van der Waals surface area (Å²) in [5.74, 6) is -0.858. The quantitative estimate of drug-likeness (QED) is 0.738. The summed E-state index contributed by atoms with van der Waals surface area (Å²) >= 11 is 0. The van der Waals surface area contributed by atoms with Gasteiger partial charge < -0.3 is 15.4 Å². The van der Waals surface area contributed by atoms with Gasteiger partial charge in [0.2, 0.25) is 5.91 Å². The standard InChI is InChI=1S/C15H19N3O4/c1-15(10-22-2)13(20)18(14(21)17-15)9-12(19)16-8-11-6-4-3-5-7-11/h3-7H,8-10H2,1-2H3,(H,16,19)(H,17,21)/t15-/m1/s1. The number of methoxy groups -OCH3 is 1. The van der Waals surface area contributed by atoms with Crippen molar-refractivity contribution < 1.29 is 19.1 Å². The summed E-state index contributed by atoms with van der Waals surface area (Å²) in [4.78, 5) is 36.9. The fourth-order valence-corrected chi connectivity index (χ4v) is 2.27. The molecule has 0 aliphatic carbocycles. The lowest BCUT2D eigenvalue weighted by Gasteiger charge is -2.20. The molecule has 0 bridgehead atoms. The first-order chi connectivity index (χ1) is 10.5. The van der Waals surface area contributed by atoms with Gasteiger partial charge in [-0.2, -0.15) is 0 Å². The van der Waals surface area contributed by atoms with Crippen LogP contribution in [0.2, 0.25) is 0 Å². The van der Waals surface area contributed by atoms with E-state index in [-0.39, 0.29) is 13.2 Å². The van der Waals surface area contributed by atoms with E-state index >= 15 is 0 Å². The van der Waals surface area contributed by atoms with Crippen LogP contribution < -0.4 is 10.6 Å². The van der Waals surface area contributed by atoms with Gasteiger partial charge in [0.25, 0.3) is 5.91 Å². The van der Waals surface area contributed by atoms with Crippen LogP contribution in [0.5, 0.6) is 0 Å². The Hall–Kier alpha value is -2.41. The second kappa shape index (κ2) is 6.57. The molecule has 1 aromatic carbocycles. The van der Waals surface area contributed by atoms with Gasteiger partial charge in [-0.15, -0.1) is 0 Å². The van der Waals surface area contributed by atoms with Crippen LogP contribution in [0.25, 0.3) is 0 Å². The normalized spacial score (nSPS) is 20.9. The van der Waals surface area contributed by atoms with Crippen molar-refractivity contribution in [3.63, 3.8) is 0 Å². The lowest BCUT2D eigenvalue weighted by molar-refractivity contribution is -0.135. The number of hydrogen-bond acceptors (Lipinski definition) is 4. The lowest BCUT2D eigenvalue weighted by Crippen LogP contribution is -2.48. The highest BCUT2D eigenvalue weighted by molar-refractivity contribution is 6.08. The number of urea groups is 1. The summed E-state index contributed by atoms with van der Waals surface area (Å²) < 4.78 is 4.94. The second-order valence-corrected chi connectivity index (χ2v) is 5.35. The van der Waals surface area contributed by atoms with Crippen molar-refractivity contribution in [3.05, 3.63) is 35.9 Å². The monoisotopic (exact) mass is 305 g/mol. The summed E-state index contributed by atoms with van der Waals surface area (Å²) in [6.07, 6.45) is 0. The van der Waals surface area contributed by atoms with Crippen molar-refractivity contribution in [1.82, 2.24) is 15.5 Å². The van der Waals surface area contributed by atoms with Gasteiger partial charge in [0, 0.05) is 13.7 Å². The summed E-state index contributed by atoms with van der Waals surface area (Å²) in [5.41, 5.74) is -0.178. The van der Waals surface area contributed by atoms with E-state index in [1.807, 2.05) is 30.3 Å². The number of ether oxygens (including phenoxy) is 1. The highest BCUT2D eigenvalue weighted by atomic mass is 16.5. The molecule has 2 N–H and O–H groups in total. The number of nitrogens with zero attached hydrogens (tertiary/aromatic N) is 1. The molecule has 1 aromatic rings. The molecule has 7 nitrogen and oxygen atoms in total. The van der Waals surface area contributed by atoms with Crippen molar-refractivity contribution in [2.24, 2.45) is 0 Å². The molecule has 4 amide bonds. The third-order valence-corrected chi connectivity index (χ3v) is 3.41. The van der Waals surface area contributed by atoms with Gasteiger partial charge in [0.15, 0.2) is 0 Å². The zero-order valence-corrected chi connectivity index (χ0v) is 12.6. The highest BCUT2D eigenvalue weighted by Gasteiger charge is 2.48. The first kappa shape index (κ1) is 16.0. The Balaban J connectivity index is 1.91. The Kier molecular flexibility index (Phi) is 4.77. The van der Waals surface area contributed by atoms with Crippen molar-refractivity contribution in [1.29, 1.82) is 0 Å². The van der Waals surface area contributed by atoms with Crippen LogP contribution in [0.4, 0.5) is 4.79 Å². The number of carbonyl (C=O) groups excluding carboxylic acids is 3. The van der Waals surface area contributed by atoms with Gasteiger partial charge in [-0.1, -0.05) is 30.3 Å². The molecular weight excluding hydrogens is 286 g/mol. The van der Waals surface area contributed by atoms with Crippen LogP contribution in [-0.4, -0.2) is 48.5 Å². The maximum atomic E-state index is 12.2. The molecule has 1 aliphatic rings. The Morgan fingerprint density at radius 1 is 1.32 bits per heavy atom. The smallest absolute Gasteiger partial charge is 0.325 e. The molecule has 118 valence electrons. The molecule has 2 rings (SSSR count). The minimum absolute atomic E-state index is 0.0553. The van der Waals surface area contributed by atoms with Crippen LogP contribution in [0, 0.1) is 0 Å². The van der Waals surface area contributed by atoms with Crippen molar-refractivity contribution in [2.45, 2.75) is 19.0 Å². The lowest BCUT2D eigenvalue weighted by atomic mass is 10.0. The van der Waals surface area contributed by atoms with Crippen LogP contribution in [0.3, 0.4) is 0 Å². The fraction of sp³-hybridized carbons (Fsp3) is 0.400. The zero-order valence-electron chi connectivity index (χ0n) is 12.6. The number of rotatable bonds is 6. The molecule has 0 radical (unpaired) electrons. The van der Waals surface area contributed by atoms with Crippen LogP contribution >= 0.6 is 0 Å². The summed E-state index contributed by atoms with van der Waals surface area (Å²) in [6.45, 7) is 1.66. The fourth-order valence-electron chi connectivity index (χ4n) is 2.27. The molecule has 0 spiro atoms. The van der Waals surface area contributed by atoms with E-state index in [1.165, 1.54) is 7.11 Å². The molecule has 7 heteroatoms. The Morgan fingerprint density at radius 3 is 2.64 bits per heavy atom. The maximum Gasteiger partial charge on any atom is 0.325 e. The predicted octanol–water partition coefficient (Wildman–Crippen LogP) is 0.260. The van der Waals surface area contributed by atoms with E-state index in [0.717, 1.165) is 10.5 Å². The summed E-state index contributed by atoms with van der Waals surface area (Å²) in [5, 5.41) is 5.22. The minimum Gasteiger partial charge on any atom is -0.382 e. The van der Waals surface area contributed by atoms with Crippen LogP contribution in [0.1, 0.15) is 12.5 Å². The second-order valence-electron chi connectivity index (χ2n) is 5.35. The van der Waals surface area contributed by atoms with Gasteiger partial charge in [-0.3, -0.25) is 14.5 Å². The Morgan fingerprint density at radius 2 is 2.00 bits per heavy atom. The topological polar surface area (TPSA) is 87.7 Å². The first-order valence-corrected chi connectivity index (χ1v) is 6.90. The molecule has 0 unspecified atom stereocenters. The molecule has 1 atom stereocenters. The largest absolute Gasteiger partial charge is 0.382 e. The predicted molar refractivity (Wildman–Crippen MR) is 78.8 cm³/mol. The number of benzene rings is 1. The summed E-state index contributed by atoms with van der Waals surface area (Å²) in [6, 6.07) is 8.80. The zero-order chi connectivity index (χ0) is 16.2. The van der Waals surface area contributed by atoms with Gasteiger partial charge in [0.1, 0.15) is 12.1 Å². The van der Waals surface area contributed by atoms with E-state index in [9.17, 15) is 14.4 Å². The maximum absolute atomic E-state index is 12.2. The van der Waals surface area contributed by atoms with Gasteiger partial charge >= 0.3 is 6.03 Å². The molecule has 0 saturated carbocycles. The SMILES string of the molecule is COC[C@@]1(C)NC(=O)N(CC(=O)NCc2ccccc2)C1=O. The van der Waals surface area contributed by atoms with Crippen LogP contribution in [0.15, 0.2) is 30.3 Å². The molecule has 0 aromatic heterocycles. The number of hydrogen-bond donors (Lipinski definition) is 2. The first-order valence-electron chi connectivity index (χ1n) is 6.90. The van der Waals surface area contributed by atoms with Crippen LogP contribution in [-0.2, 0) is 20.9 Å². The summed E-state index contributed by atoms with van der Waals surface area (Å²) in [7, 11) is 1.44.